The number of aliphatic hydroxyl groups excluding tert-OH is 3. The molecule has 0 aliphatic heterocycles. The van der Waals surface area contributed by atoms with Crippen LogP contribution in [-0.2, 0) is 14.3 Å². The average Bonchev–Trinajstić information content (AvgIpc) is 2.71. The van der Waals surface area contributed by atoms with Gasteiger partial charge in [0, 0.05) is 36.7 Å². The SMILES string of the molecule is CCCCCC(=O)O[C@H]1C[C@H](O)C(O)=C2C=C(O)[C@@H](C)[C@@H](CCCCCCC(=O)O)[C@H]21. The van der Waals surface area contributed by atoms with Gasteiger partial charge in [-0.25, -0.2) is 0 Å². The average molecular weight is 439 g/mol. The van der Waals surface area contributed by atoms with Crippen molar-refractivity contribution in [3.63, 3.8) is 0 Å². The van der Waals surface area contributed by atoms with Crippen molar-refractivity contribution in [1.29, 1.82) is 0 Å². The van der Waals surface area contributed by atoms with E-state index in [2.05, 4.69) is 6.92 Å². The van der Waals surface area contributed by atoms with E-state index in [1.165, 1.54) is 6.08 Å². The Bertz CT molecular complexity index is 681. The van der Waals surface area contributed by atoms with Gasteiger partial charge < -0.3 is 25.2 Å². The van der Waals surface area contributed by atoms with E-state index < -0.39 is 18.2 Å². The number of carbonyl (C=O) groups excluding carboxylic acids is 1. The maximum Gasteiger partial charge on any atom is 0.306 e. The number of aliphatic hydroxyl groups is 3. The van der Waals surface area contributed by atoms with Gasteiger partial charge in [0.15, 0.2) is 0 Å². The highest BCUT2D eigenvalue weighted by atomic mass is 16.5. The minimum atomic E-state index is -1.12. The summed E-state index contributed by atoms with van der Waals surface area (Å²) in [5.74, 6) is -1.53. The van der Waals surface area contributed by atoms with Crippen molar-refractivity contribution in [3.05, 3.63) is 23.2 Å². The number of hydrogen-bond donors (Lipinski definition) is 4. The minimum Gasteiger partial charge on any atom is -0.512 e. The number of fused-ring (bicyclic) bond motifs is 1. The standard InChI is InChI=1S/C24H38O7/c1-3-4-7-12-22(29)31-20-14-19(26)24(30)17-13-18(25)15(2)16(23(17)20)10-8-5-6-9-11-21(27)28/h13,15-16,19-20,23,25-26,30H,3-12,14H2,1-2H3,(H,27,28)/t15-,16+,19-,20-,23+/m0/s1. The molecule has 0 heterocycles. The smallest absolute Gasteiger partial charge is 0.306 e. The third-order valence-corrected chi connectivity index (χ3v) is 6.65. The van der Waals surface area contributed by atoms with Crippen LogP contribution in [0, 0.1) is 17.8 Å². The van der Waals surface area contributed by atoms with Gasteiger partial charge in [-0.2, -0.15) is 0 Å². The van der Waals surface area contributed by atoms with Crippen molar-refractivity contribution in [1.82, 2.24) is 0 Å². The van der Waals surface area contributed by atoms with E-state index in [1.807, 2.05) is 6.92 Å². The van der Waals surface area contributed by atoms with Crippen molar-refractivity contribution < 1.29 is 34.8 Å². The molecule has 0 fully saturated rings. The maximum atomic E-state index is 12.4. The minimum absolute atomic E-state index is 0.0393. The van der Waals surface area contributed by atoms with Crippen LogP contribution < -0.4 is 0 Å². The van der Waals surface area contributed by atoms with Crippen molar-refractivity contribution >= 4 is 11.9 Å². The summed E-state index contributed by atoms with van der Waals surface area (Å²) in [5, 5.41) is 40.0. The zero-order chi connectivity index (χ0) is 23.0. The lowest BCUT2D eigenvalue weighted by Crippen LogP contribution is -2.45. The molecular formula is C24H38O7. The summed E-state index contributed by atoms with van der Waals surface area (Å²) in [6.07, 6.45) is 7.19. The number of ether oxygens (including phenoxy) is 1. The van der Waals surface area contributed by atoms with Crippen LogP contribution >= 0.6 is 0 Å². The van der Waals surface area contributed by atoms with Crippen molar-refractivity contribution in [3.8, 4) is 0 Å². The molecule has 4 N–H and O–H groups in total. The van der Waals surface area contributed by atoms with Crippen LogP contribution in [0.4, 0.5) is 0 Å². The molecule has 2 aliphatic rings. The number of rotatable bonds is 12. The van der Waals surface area contributed by atoms with E-state index in [9.17, 15) is 24.9 Å². The van der Waals surface area contributed by atoms with E-state index in [-0.39, 0.29) is 48.1 Å². The number of unbranched alkanes of at least 4 members (excludes halogenated alkanes) is 5. The molecule has 5 atom stereocenters. The fourth-order valence-corrected chi connectivity index (χ4v) is 4.85. The molecule has 0 amide bonds. The highest BCUT2D eigenvalue weighted by Crippen LogP contribution is 2.47. The first-order chi connectivity index (χ1) is 14.8. The Hall–Kier alpha value is -2.02. The summed E-state index contributed by atoms with van der Waals surface area (Å²) < 4.78 is 5.79. The summed E-state index contributed by atoms with van der Waals surface area (Å²) in [5.41, 5.74) is 0.469. The van der Waals surface area contributed by atoms with Crippen LogP contribution in [0.1, 0.15) is 84.5 Å². The Morgan fingerprint density at radius 2 is 1.74 bits per heavy atom. The Morgan fingerprint density at radius 1 is 1.06 bits per heavy atom. The zero-order valence-electron chi connectivity index (χ0n) is 18.8. The van der Waals surface area contributed by atoms with E-state index in [0.717, 1.165) is 44.9 Å². The molecule has 2 rings (SSSR count). The Labute approximate surface area is 184 Å². The number of allylic oxidation sites excluding steroid dienone is 2. The lowest BCUT2D eigenvalue weighted by molar-refractivity contribution is -0.155. The number of aliphatic carboxylic acids is 1. The van der Waals surface area contributed by atoms with Gasteiger partial charge in [0.25, 0.3) is 0 Å². The van der Waals surface area contributed by atoms with E-state index in [0.29, 0.717) is 18.4 Å². The molecule has 0 saturated carbocycles. The summed E-state index contributed by atoms with van der Waals surface area (Å²) in [6.45, 7) is 4.00. The number of hydrogen-bond acceptors (Lipinski definition) is 6. The van der Waals surface area contributed by atoms with Gasteiger partial charge in [0.05, 0.1) is 5.76 Å². The van der Waals surface area contributed by atoms with Crippen LogP contribution in [-0.4, -0.2) is 44.6 Å². The van der Waals surface area contributed by atoms with Crippen LogP contribution in [0.25, 0.3) is 0 Å². The summed E-state index contributed by atoms with van der Waals surface area (Å²) in [6, 6.07) is 0. The second kappa shape index (κ2) is 12.1. The fourth-order valence-electron chi connectivity index (χ4n) is 4.85. The third kappa shape index (κ3) is 6.99. The van der Waals surface area contributed by atoms with Gasteiger partial charge in [-0.1, -0.05) is 46.0 Å². The Kier molecular flexibility index (Phi) is 9.88. The molecule has 0 unspecified atom stereocenters. The second-order valence-corrected chi connectivity index (χ2v) is 8.97. The Morgan fingerprint density at radius 3 is 2.42 bits per heavy atom. The third-order valence-electron chi connectivity index (χ3n) is 6.65. The van der Waals surface area contributed by atoms with Gasteiger partial charge in [-0.15, -0.1) is 0 Å². The predicted molar refractivity (Wildman–Crippen MR) is 116 cm³/mol. The molecule has 0 aromatic heterocycles. The molecule has 0 bridgehead atoms. The van der Waals surface area contributed by atoms with Crippen LogP contribution in [0.5, 0.6) is 0 Å². The lowest BCUT2D eigenvalue weighted by atomic mass is 9.65. The zero-order valence-corrected chi connectivity index (χ0v) is 18.8. The molecular weight excluding hydrogens is 400 g/mol. The summed E-state index contributed by atoms with van der Waals surface area (Å²) in [7, 11) is 0. The van der Waals surface area contributed by atoms with Gasteiger partial charge >= 0.3 is 11.9 Å². The Balaban J connectivity index is 2.10. The largest absolute Gasteiger partial charge is 0.512 e. The predicted octanol–water partition coefficient (Wildman–Crippen LogP) is 4.80. The van der Waals surface area contributed by atoms with Gasteiger partial charge in [-0.05, 0) is 31.3 Å². The van der Waals surface area contributed by atoms with Gasteiger partial charge in [0.1, 0.15) is 18.0 Å². The van der Waals surface area contributed by atoms with Crippen LogP contribution in [0.3, 0.4) is 0 Å². The van der Waals surface area contributed by atoms with Crippen LogP contribution in [0.15, 0.2) is 23.2 Å². The fraction of sp³-hybridized carbons (Fsp3) is 0.750. The van der Waals surface area contributed by atoms with Crippen molar-refractivity contribution in [2.45, 2.75) is 96.7 Å². The summed E-state index contributed by atoms with van der Waals surface area (Å²) in [4.78, 5) is 23.0. The molecule has 2 aliphatic carbocycles. The first-order valence-corrected chi connectivity index (χ1v) is 11.7. The number of carboxylic acids is 1. The quantitative estimate of drug-likeness (QED) is 0.255. The topological polar surface area (TPSA) is 124 Å². The van der Waals surface area contributed by atoms with Gasteiger partial charge in [0.2, 0.25) is 0 Å². The summed E-state index contributed by atoms with van der Waals surface area (Å²) >= 11 is 0. The maximum absolute atomic E-state index is 12.4. The van der Waals surface area contributed by atoms with Crippen molar-refractivity contribution in [2.24, 2.45) is 17.8 Å². The molecule has 0 aromatic carbocycles. The molecule has 7 nitrogen and oxygen atoms in total. The number of carboxylic acid groups (broad SMARTS) is 1. The second-order valence-electron chi connectivity index (χ2n) is 8.97. The lowest BCUT2D eigenvalue weighted by Gasteiger charge is -2.44. The highest BCUT2D eigenvalue weighted by molar-refractivity contribution is 5.69. The molecule has 0 spiro atoms. The van der Waals surface area contributed by atoms with E-state index in [4.69, 9.17) is 9.84 Å². The molecule has 0 radical (unpaired) electrons. The first-order valence-electron chi connectivity index (χ1n) is 11.7. The molecule has 0 saturated heterocycles. The normalized spacial score (nSPS) is 28.1. The number of esters is 1. The molecule has 7 heteroatoms. The molecule has 0 aromatic rings. The highest BCUT2D eigenvalue weighted by Gasteiger charge is 2.46. The number of carbonyl (C=O) groups is 2. The van der Waals surface area contributed by atoms with E-state index in [1.54, 1.807) is 0 Å². The molecule has 31 heavy (non-hydrogen) atoms. The van der Waals surface area contributed by atoms with Crippen LogP contribution in [0.2, 0.25) is 0 Å². The first kappa shape index (κ1) is 25.2. The van der Waals surface area contributed by atoms with Crippen molar-refractivity contribution in [2.75, 3.05) is 0 Å². The monoisotopic (exact) mass is 438 g/mol. The van der Waals surface area contributed by atoms with Gasteiger partial charge in [-0.3, -0.25) is 9.59 Å². The van der Waals surface area contributed by atoms with E-state index >= 15 is 0 Å². The molecule has 176 valence electrons.